The van der Waals surface area contributed by atoms with E-state index in [2.05, 4.69) is 97.6 Å². The molecule has 7 heterocycles. The molecule has 4 aromatic heterocycles. The Morgan fingerprint density at radius 3 is 1.76 bits per heavy atom. The number of fused-ring (bicyclic) bond motifs is 5. The first kappa shape index (κ1) is 44.2. The molecule has 0 aliphatic carbocycles. The number of nitrogens with zero attached hydrogens (tertiary/aromatic N) is 8. The zero-order valence-corrected chi connectivity index (χ0v) is 39.5. The second kappa shape index (κ2) is 15.5. The second-order valence-electron chi connectivity index (χ2n) is 18.1. The van der Waals surface area contributed by atoms with Gasteiger partial charge in [0.2, 0.25) is 7.57 Å². The fourth-order valence-corrected chi connectivity index (χ4v) is 11.7. The molecule has 316 valence electrons. The van der Waals surface area contributed by atoms with Gasteiger partial charge < -0.3 is 36.8 Å². The number of aromatic nitrogens is 8. The zero-order valence-electron chi connectivity index (χ0n) is 34.9. The highest BCUT2D eigenvalue weighted by Gasteiger charge is 2.57. The Morgan fingerprint density at radius 1 is 0.741 bits per heavy atom. The molecular weight excluding hydrogens is 841 g/mol. The number of rotatable bonds is 6. The van der Waals surface area contributed by atoms with E-state index in [1.54, 1.807) is 21.8 Å². The molecule has 18 nitrogen and oxygen atoms in total. The van der Waals surface area contributed by atoms with E-state index in [-0.39, 0.29) is 23.3 Å². The van der Waals surface area contributed by atoms with Gasteiger partial charge in [-0.1, -0.05) is 41.5 Å². The second-order valence-corrected chi connectivity index (χ2v) is 32.0. The highest BCUT2D eigenvalue weighted by atomic mass is 32.5. The number of aryl methyl sites for hydroxylation is 2. The van der Waals surface area contributed by atoms with Crippen molar-refractivity contribution in [3.63, 3.8) is 0 Å². The summed E-state index contributed by atoms with van der Waals surface area (Å²) in [5.41, 5.74) is 3.36. The van der Waals surface area contributed by atoms with Crippen LogP contribution in [0.25, 0.3) is 22.3 Å². The molecule has 4 aromatic rings. The van der Waals surface area contributed by atoms with Crippen molar-refractivity contribution in [2.75, 3.05) is 13.2 Å². The quantitative estimate of drug-likeness (QED) is 0.170. The largest absolute Gasteiger partial charge is 0.408 e. The minimum Gasteiger partial charge on any atom is -0.408 e. The third-order valence-electron chi connectivity index (χ3n) is 12.0. The van der Waals surface area contributed by atoms with Gasteiger partial charge >= 0.3 is 6.72 Å². The Bertz CT molecular complexity index is 2270. The third kappa shape index (κ3) is 8.49. The van der Waals surface area contributed by atoms with E-state index in [0.717, 1.165) is 0 Å². The van der Waals surface area contributed by atoms with Crippen molar-refractivity contribution in [1.29, 1.82) is 0 Å². The van der Waals surface area contributed by atoms with Gasteiger partial charge in [-0.15, -0.1) is 0 Å². The van der Waals surface area contributed by atoms with Crippen molar-refractivity contribution in [2.24, 2.45) is 0 Å². The summed E-state index contributed by atoms with van der Waals surface area (Å²) in [4.78, 5) is 38.6. The zero-order chi connectivity index (χ0) is 42.4. The van der Waals surface area contributed by atoms with Crippen molar-refractivity contribution in [3.05, 3.63) is 36.7 Å². The summed E-state index contributed by atoms with van der Waals surface area (Å²) in [6, 6.07) is 0. The monoisotopic (exact) mass is 894 g/mol. The summed E-state index contributed by atoms with van der Waals surface area (Å²) >= 11 is 5.75. The molecule has 1 N–H and O–H groups in total. The van der Waals surface area contributed by atoms with Gasteiger partial charge in [-0.3, -0.25) is 18.2 Å². The lowest BCUT2D eigenvalue weighted by molar-refractivity contribution is -0.0593. The van der Waals surface area contributed by atoms with Gasteiger partial charge in [0.15, 0.2) is 40.4 Å². The lowest BCUT2D eigenvalue weighted by Crippen LogP contribution is -2.50. The SMILES string of the molecule is [B]P1(=O)OC[C@H]2O[C@@H](n3cnc4c(C)ncnc43)[C@H](OP(O)(=S)OC[C@H]3O[C@@H](n4cnc5c(C)ncnc54)[C@H](O[Si](C)(C)C(C)(C)C)[C@@H]3O1)[C@@H]2O[Si](C)(C)C(C)(C)C. The van der Waals surface area contributed by atoms with Gasteiger partial charge in [0.1, 0.15) is 60.3 Å². The minimum absolute atomic E-state index is 0.256. The fourth-order valence-electron chi connectivity index (χ4n) is 6.71. The van der Waals surface area contributed by atoms with Crippen molar-refractivity contribution in [3.8, 4) is 0 Å². The molecule has 2 bridgehead atoms. The summed E-state index contributed by atoms with van der Waals surface area (Å²) in [5.74, 6) is 0. The van der Waals surface area contributed by atoms with E-state index in [0.29, 0.717) is 33.7 Å². The van der Waals surface area contributed by atoms with Gasteiger partial charge in [0.05, 0.1) is 37.3 Å². The molecule has 24 heteroatoms. The van der Waals surface area contributed by atoms with Crippen molar-refractivity contribution in [1.82, 2.24) is 39.0 Å². The minimum atomic E-state index is -4.46. The molecule has 0 amide bonds. The van der Waals surface area contributed by atoms with E-state index < -0.39 is 79.9 Å². The molecule has 2 radical (unpaired) electrons. The normalized spacial score (nSPS) is 33.2. The van der Waals surface area contributed by atoms with Crippen LogP contribution in [0.2, 0.25) is 36.3 Å². The standard InChI is InChI=1S/C34H53BN8O10P2SSi2/c1-19-23-29(38-15-36-19)42(17-40-23)31-27-26(52-57(9,10)33(3,4)5)22(49-31)13-46-54(35,44)50-25-21(14-47-55(45,56)51-27)48-32(28(25)53-58(11,12)34(6,7)8)43-18-41-24-20(2)37-16-39-30(24)43/h15-18,21-22,25-28,31-32H,13-14H2,1-12H3,(H,45,56)/t21-,22-,25-,26-,27-,28-,31-,32-,54?,55?/m1/s1. The van der Waals surface area contributed by atoms with Crippen LogP contribution in [-0.4, -0.2) is 118 Å². The van der Waals surface area contributed by atoms with E-state index in [1.165, 1.54) is 12.7 Å². The molecule has 0 aromatic carbocycles. The van der Waals surface area contributed by atoms with Crippen LogP contribution in [0, 0.1) is 13.8 Å². The molecule has 3 aliphatic heterocycles. The molecule has 2 unspecified atom stereocenters. The molecule has 0 spiro atoms. The smallest absolute Gasteiger partial charge is 0.325 e. The first-order valence-corrected chi connectivity index (χ1v) is 29.1. The molecule has 3 fully saturated rings. The van der Waals surface area contributed by atoms with E-state index >= 15 is 0 Å². The molecule has 10 atom stereocenters. The lowest BCUT2D eigenvalue weighted by Gasteiger charge is -2.41. The highest BCUT2D eigenvalue weighted by molar-refractivity contribution is 8.07. The van der Waals surface area contributed by atoms with Crippen LogP contribution in [0.4, 0.5) is 0 Å². The van der Waals surface area contributed by atoms with Gasteiger partial charge in [0.25, 0.3) is 7.47 Å². The first-order valence-electron chi connectivity index (χ1n) is 19.1. The Labute approximate surface area is 346 Å². The fraction of sp³-hybridized carbons (Fsp3) is 0.706. The van der Waals surface area contributed by atoms with Gasteiger partial charge in [0, 0.05) is 0 Å². The van der Waals surface area contributed by atoms with E-state index in [4.69, 9.17) is 55.8 Å². The van der Waals surface area contributed by atoms with Crippen LogP contribution in [0.3, 0.4) is 0 Å². The van der Waals surface area contributed by atoms with E-state index in [1.807, 2.05) is 13.8 Å². The maximum Gasteiger partial charge on any atom is 0.325 e. The van der Waals surface area contributed by atoms with Crippen LogP contribution >= 0.6 is 14.2 Å². The maximum absolute atomic E-state index is 14.5. The topological polar surface area (TPSA) is 198 Å². The lowest BCUT2D eigenvalue weighted by atomic mass is 10.1. The predicted molar refractivity (Wildman–Crippen MR) is 224 cm³/mol. The third-order valence-corrected chi connectivity index (χ3v) is 23.6. The van der Waals surface area contributed by atoms with Crippen LogP contribution < -0.4 is 0 Å². The average Bonchev–Trinajstić information content (AvgIpc) is 3.87. The number of hydrogen-bond acceptors (Lipinski definition) is 16. The number of imidazole rings is 2. The highest BCUT2D eigenvalue weighted by Crippen LogP contribution is 2.56. The van der Waals surface area contributed by atoms with Crippen molar-refractivity contribution >= 4 is 72.5 Å². The Morgan fingerprint density at radius 2 is 1.22 bits per heavy atom. The Kier molecular flexibility index (Phi) is 11.8. The van der Waals surface area contributed by atoms with Gasteiger partial charge in [-0.2, -0.15) is 0 Å². The molecule has 3 saturated heterocycles. The van der Waals surface area contributed by atoms with Crippen LogP contribution in [0.5, 0.6) is 0 Å². The number of hydrogen-bond donors (Lipinski definition) is 1. The molecule has 3 aliphatic rings. The van der Waals surface area contributed by atoms with Crippen LogP contribution in [-0.2, 0) is 52.8 Å². The van der Waals surface area contributed by atoms with Crippen molar-refractivity contribution in [2.45, 2.75) is 141 Å². The van der Waals surface area contributed by atoms with Crippen molar-refractivity contribution < 1.29 is 45.9 Å². The molecular formula is C34H53BN8O10P2SSi2. The molecule has 7 rings (SSSR count). The van der Waals surface area contributed by atoms with Crippen LogP contribution in [0.15, 0.2) is 25.3 Å². The molecule has 58 heavy (non-hydrogen) atoms. The Hall–Kier alpha value is -1.88. The van der Waals surface area contributed by atoms with E-state index in [9.17, 15) is 9.46 Å². The first-order chi connectivity index (χ1) is 26.8. The average molecular weight is 895 g/mol. The summed E-state index contributed by atoms with van der Waals surface area (Å²) < 4.78 is 70.2. The maximum atomic E-state index is 14.5. The summed E-state index contributed by atoms with van der Waals surface area (Å²) in [7, 11) is -3.19. The van der Waals surface area contributed by atoms with Crippen LogP contribution in [0.1, 0.15) is 65.4 Å². The predicted octanol–water partition coefficient (Wildman–Crippen LogP) is 6.17. The number of ether oxygens (including phenoxy) is 2. The van der Waals surface area contributed by atoms with Gasteiger partial charge in [-0.05, 0) is 61.9 Å². The summed E-state index contributed by atoms with van der Waals surface area (Å²) in [6.07, 6.45) is -2.05. The Balaban J connectivity index is 1.30. The molecule has 0 saturated carbocycles. The van der Waals surface area contributed by atoms with Gasteiger partial charge in [-0.25, -0.2) is 29.9 Å². The summed E-state index contributed by atoms with van der Waals surface area (Å²) in [6.45, 7) is 19.6. The summed E-state index contributed by atoms with van der Waals surface area (Å²) in [5, 5.41) is -0.514.